The highest BCUT2D eigenvalue weighted by atomic mass is 79.9. The molecule has 1 aromatic heterocycles. The molecule has 0 unspecified atom stereocenters. The molecule has 66 valence electrons. The summed E-state index contributed by atoms with van der Waals surface area (Å²) in [5, 5.41) is 1.000. The van der Waals surface area contributed by atoms with Gasteiger partial charge in [-0.15, -0.1) is 0 Å². The van der Waals surface area contributed by atoms with E-state index in [9.17, 15) is 4.79 Å². The van der Waals surface area contributed by atoms with Crippen LogP contribution in [-0.4, -0.2) is 0 Å². The van der Waals surface area contributed by atoms with Gasteiger partial charge in [0.1, 0.15) is 0 Å². The molecule has 2 aromatic rings. The molecule has 0 saturated carbocycles. The lowest BCUT2D eigenvalue weighted by molar-refractivity contribution is 0.600. The normalized spacial score (nSPS) is 10.6. The quantitative estimate of drug-likeness (QED) is 0.727. The second-order valence-corrected chi connectivity index (χ2v) is 3.84. The lowest BCUT2D eigenvalue weighted by atomic mass is 10.2. The van der Waals surface area contributed by atoms with Crippen molar-refractivity contribution in [2.45, 2.75) is 0 Å². The summed E-state index contributed by atoms with van der Waals surface area (Å²) in [5.74, 6) is 0. The van der Waals surface area contributed by atoms with Crippen molar-refractivity contribution in [2.24, 2.45) is 0 Å². The molecule has 2 rings (SSSR count). The molecule has 0 N–H and O–H groups in total. The second kappa shape index (κ2) is 3.16. The Morgan fingerprint density at radius 2 is 2.15 bits per heavy atom. The number of rotatable bonds is 0. The Bertz CT molecular complexity index is 518. The fourth-order valence-electron chi connectivity index (χ4n) is 1.12. The van der Waals surface area contributed by atoms with Crippen LogP contribution in [0.3, 0.4) is 0 Å². The molecular weight excluding hydrogens is 255 g/mol. The molecule has 4 heteroatoms. The van der Waals surface area contributed by atoms with Crippen LogP contribution in [-0.2, 0) is 0 Å². The van der Waals surface area contributed by atoms with Gasteiger partial charge in [0.25, 0.3) is 0 Å². The van der Waals surface area contributed by atoms with Crippen molar-refractivity contribution in [3.05, 3.63) is 44.2 Å². The zero-order valence-corrected chi connectivity index (χ0v) is 8.72. The van der Waals surface area contributed by atoms with Crippen molar-refractivity contribution in [3.63, 3.8) is 0 Å². The van der Waals surface area contributed by atoms with E-state index in [2.05, 4.69) is 15.9 Å². The topological polar surface area (TPSA) is 30.2 Å². The highest BCUT2D eigenvalue weighted by Gasteiger charge is 2.05. The molecule has 0 aliphatic heterocycles. The number of benzene rings is 1. The number of fused-ring (bicyclic) bond motifs is 1. The minimum Gasteiger partial charge on any atom is -0.463 e. The van der Waals surface area contributed by atoms with Gasteiger partial charge in [0.15, 0.2) is 11.0 Å². The molecule has 0 bridgehead atoms. The van der Waals surface area contributed by atoms with Crippen LogP contribution in [0.4, 0.5) is 0 Å². The van der Waals surface area contributed by atoms with E-state index >= 15 is 0 Å². The van der Waals surface area contributed by atoms with Crippen LogP contribution in [0.15, 0.2) is 38.1 Å². The highest BCUT2D eigenvalue weighted by molar-refractivity contribution is 9.10. The van der Waals surface area contributed by atoms with Crippen molar-refractivity contribution in [1.29, 1.82) is 0 Å². The summed E-state index contributed by atoms with van der Waals surface area (Å²) < 4.78 is 5.86. The SMILES string of the molecule is O=c1ccoc2c(Br)cc(Cl)cc12. The molecule has 2 nitrogen and oxygen atoms in total. The fourth-order valence-corrected chi connectivity index (χ4v) is 2.02. The van der Waals surface area contributed by atoms with Gasteiger partial charge in [0, 0.05) is 11.1 Å². The lowest BCUT2D eigenvalue weighted by Crippen LogP contribution is -1.97. The summed E-state index contributed by atoms with van der Waals surface area (Å²) in [6.07, 6.45) is 1.36. The molecule has 0 atom stereocenters. The summed E-state index contributed by atoms with van der Waals surface area (Å²) in [4.78, 5) is 11.3. The molecule has 1 heterocycles. The van der Waals surface area contributed by atoms with Gasteiger partial charge < -0.3 is 4.42 Å². The predicted molar refractivity (Wildman–Crippen MR) is 55.2 cm³/mol. The van der Waals surface area contributed by atoms with E-state index in [0.717, 1.165) is 0 Å². The molecule has 0 spiro atoms. The van der Waals surface area contributed by atoms with Crippen LogP contribution in [0.1, 0.15) is 0 Å². The second-order valence-electron chi connectivity index (χ2n) is 2.55. The van der Waals surface area contributed by atoms with Gasteiger partial charge in [-0.2, -0.15) is 0 Å². The van der Waals surface area contributed by atoms with Gasteiger partial charge in [-0.25, -0.2) is 0 Å². The first-order chi connectivity index (χ1) is 6.18. The minimum atomic E-state index is -0.0931. The average Bonchev–Trinajstić information content (AvgIpc) is 2.07. The third kappa shape index (κ3) is 1.49. The average molecular weight is 259 g/mol. The third-order valence-electron chi connectivity index (χ3n) is 1.68. The van der Waals surface area contributed by atoms with Gasteiger partial charge in [0.05, 0.1) is 16.1 Å². The number of hydrogen-bond acceptors (Lipinski definition) is 2. The summed E-state index contributed by atoms with van der Waals surface area (Å²) in [7, 11) is 0. The standard InChI is InChI=1S/C9H4BrClO2/c10-7-4-5(11)3-6-8(12)1-2-13-9(6)7/h1-4H. The van der Waals surface area contributed by atoms with Crippen molar-refractivity contribution in [1.82, 2.24) is 0 Å². The van der Waals surface area contributed by atoms with Gasteiger partial charge in [-0.1, -0.05) is 11.6 Å². The molecule has 13 heavy (non-hydrogen) atoms. The van der Waals surface area contributed by atoms with Crippen molar-refractivity contribution in [3.8, 4) is 0 Å². The monoisotopic (exact) mass is 258 g/mol. The third-order valence-corrected chi connectivity index (χ3v) is 2.49. The van der Waals surface area contributed by atoms with Gasteiger partial charge in [-0.3, -0.25) is 4.79 Å². The molecule has 1 aromatic carbocycles. The zero-order valence-electron chi connectivity index (χ0n) is 6.38. The zero-order chi connectivity index (χ0) is 9.42. The summed E-state index contributed by atoms with van der Waals surface area (Å²) in [6.45, 7) is 0. The Labute approximate surface area is 87.3 Å². The maximum atomic E-state index is 11.3. The lowest BCUT2D eigenvalue weighted by Gasteiger charge is -1.98. The highest BCUT2D eigenvalue weighted by Crippen LogP contribution is 2.25. The Morgan fingerprint density at radius 1 is 1.38 bits per heavy atom. The Kier molecular flexibility index (Phi) is 2.14. The van der Waals surface area contributed by atoms with Gasteiger partial charge >= 0.3 is 0 Å². The molecule has 0 radical (unpaired) electrons. The van der Waals surface area contributed by atoms with Crippen molar-refractivity contribution in [2.75, 3.05) is 0 Å². The first kappa shape index (κ1) is 8.78. The summed E-state index contributed by atoms with van der Waals surface area (Å²) in [5.41, 5.74) is 0.432. The minimum absolute atomic E-state index is 0.0931. The van der Waals surface area contributed by atoms with Gasteiger partial charge in [0.2, 0.25) is 0 Å². The van der Waals surface area contributed by atoms with E-state index in [0.29, 0.717) is 20.5 Å². The molecule has 0 saturated heterocycles. The largest absolute Gasteiger partial charge is 0.463 e. The van der Waals surface area contributed by atoms with Crippen LogP contribution < -0.4 is 5.43 Å². The van der Waals surface area contributed by atoms with E-state index in [1.54, 1.807) is 12.1 Å². The van der Waals surface area contributed by atoms with Crippen LogP contribution >= 0.6 is 27.5 Å². The van der Waals surface area contributed by atoms with Crippen molar-refractivity contribution >= 4 is 38.5 Å². The van der Waals surface area contributed by atoms with Crippen LogP contribution in [0.25, 0.3) is 11.0 Å². The van der Waals surface area contributed by atoms with Gasteiger partial charge in [-0.05, 0) is 28.1 Å². The van der Waals surface area contributed by atoms with Crippen LogP contribution in [0.2, 0.25) is 5.02 Å². The molecule has 0 aliphatic rings. The first-order valence-electron chi connectivity index (χ1n) is 3.55. The number of hydrogen-bond donors (Lipinski definition) is 0. The fraction of sp³-hybridized carbons (Fsp3) is 0. The molecular formula is C9H4BrClO2. The summed E-state index contributed by atoms with van der Waals surface area (Å²) >= 11 is 9.05. The first-order valence-corrected chi connectivity index (χ1v) is 4.72. The van der Waals surface area contributed by atoms with E-state index in [1.807, 2.05) is 0 Å². The molecule has 0 fully saturated rings. The smallest absolute Gasteiger partial charge is 0.192 e. The van der Waals surface area contributed by atoms with E-state index < -0.39 is 0 Å². The van der Waals surface area contributed by atoms with Crippen LogP contribution in [0, 0.1) is 0 Å². The number of halogens is 2. The van der Waals surface area contributed by atoms with E-state index in [1.165, 1.54) is 12.3 Å². The molecule has 0 amide bonds. The van der Waals surface area contributed by atoms with Crippen molar-refractivity contribution < 1.29 is 4.42 Å². The van der Waals surface area contributed by atoms with E-state index in [-0.39, 0.29) is 5.43 Å². The summed E-state index contributed by atoms with van der Waals surface area (Å²) in [6, 6.07) is 4.64. The Balaban J connectivity index is 3.03. The Morgan fingerprint density at radius 3 is 2.92 bits per heavy atom. The maximum Gasteiger partial charge on any atom is 0.192 e. The van der Waals surface area contributed by atoms with E-state index in [4.69, 9.17) is 16.0 Å². The predicted octanol–water partition coefficient (Wildman–Crippen LogP) is 3.21. The van der Waals surface area contributed by atoms with Crippen LogP contribution in [0.5, 0.6) is 0 Å². The molecule has 0 aliphatic carbocycles. The Hall–Kier alpha value is -0.800. The maximum absolute atomic E-state index is 11.3.